The molecule has 4 N–H and O–H groups in total. The van der Waals surface area contributed by atoms with Gasteiger partial charge in [-0.2, -0.15) is 0 Å². The van der Waals surface area contributed by atoms with Crippen LogP contribution in [0.25, 0.3) is 5.69 Å². The van der Waals surface area contributed by atoms with Crippen LogP contribution < -0.4 is 26.2 Å². The van der Waals surface area contributed by atoms with Crippen LogP contribution in [0.1, 0.15) is 55.1 Å². The van der Waals surface area contributed by atoms with E-state index in [-0.39, 0.29) is 41.2 Å². The summed E-state index contributed by atoms with van der Waals surface area (Å²) < 4.78 is 22.1. The Morgan fingerprint density at radius 1 is 1.28 bits per heavy atom. The predicted molar refractivity (Wildman–Crippen MR) is 148 cm³/mol. The van der Waals surface area contributed by atoms with Gasteiger partial charge >= 0.3 is 0 Å². The number of rotatable bonds is 12. The Bertz CT molecular complexity index is 1390. The molecule has 2 aromatic carbocycles. The first-order chi connectivity index (χ1) is 18.6. The van der Waals surface area contributed by atoms with E-state index in [0.29, 0.717) is 12.3 Å². The number of hydrogen-bond acceptors (Lipinski definition) is 7. The van der Waals surface area contributed by atoms with Gasteiger partial charge in [-0.1, -0.05) is 25.1 Å². The molecule has 1 saturated carbocycles. The van der Waals surface area contributed by atoms with Crippen LogP contribution in [0.2, 0.25) is 0 Å². The van der Waals surface area contributed by atoms with Gasteiger partial charge in [0.05, 0.1) is 11.2 Å². The number of benzene rings is 2. The summed E-state index contributed by atoms with van der Waals surface area (Å²) in [6, 6.07) is 10.2. The Balaban J connectivity index is 1.61. The van der Waals surface area contributed by atoms with Gasteiger partial charge in [0, 0.05) is 41.7 Å². The second-order valence-corrected chi connectivity index (χ2v) is 10.3. The molecule has 39 heavy (non-hydrogen) atoms. The summed E-state index contributed by atoms with van der Waals surface area (Å²) >= 11 is 0. The summed E-state index contributed by atoms with van der Waals surface area (Å²) in [6.07, 6.45) is 4.04. The van der Waals surface area contributed by atoms with Gasteiger partial charge in [0.1, 0.15) is 24.3 Å². The average Bonchev–Trinajstić information content (AvgIpc) is 3.73. The van der Waals surface area contributed by atoms with Crippen molar-refractivity contribution < 1.29 is 19.0 Å². The molecule has 4 rings (SSSR count). The maximum Gasteiger partial charge on any atom is 0.297 e. The molecule has 1 aliphatic carbocycles. The van der Waals surface area contributed by atoms with Crippen LogP contribution in [-0.4, -0.2) is 52.4 Å². The number of hydrogen-bond donors (Lipinski definition) is 4. The normalized spacial score (nSPS) is 14.1. The minimum Gasteiger partial charge on any atom is -0.490 e. The number of ether oxygens (including phenoxy) is 1. The smallest absolute Gasteiger partial charge is 0.297 e. The van der Waals surface area contributed by atoms with Crippen molar-refractivity contribution >= 4 is 11.7 Å². The zero-order valence-corrected chi connectivity index (χ0v) is 22.8. The van der Waals surface area contributed by atoms with Gasteiger partial charge in [0.25, 0.3) is 11.5 Å². The van der Waals surface area contributed by atoms with E-state index >= 15 is 0 Å². The molecule has 3 aromatic rings. The maximum absolute atomic E-state index is 14.8. The van der Waals surface area contributed by atoms with Gasteiger partial charge in [-0.05, 0) is 58.4 Å². The highest BCUT2D eigenvalue weighted by Crippen LogP contribution is 2.32. The molecule has 0 spiro atoms. The zero-order valence-electron chi connectivity index (χ0n) is 22.8. The highest BCUT2D eigenvalue weighted by molar-refractivity contribution is 5.95. The molecule has 0 radical (unpaired) electrons. The molecule has 1 aromatic heterocycles. The molecule has 10 heteroatoms. The lowest BCUT2D eigenvalue weighted by Gasteiger charge is -2.29. The van der Waals surface area contributed by atoms with Gasteiger partial charge in [0.2, 0.25) is 0 Å². The Morgan fingerprint density at radius 2 is 2.03 bits per heavy atom. The summed E-state index contributed by atoms with van der Waals surface area (Å²) in [7, 11) is 0. The topological polar surface area (TPSA) is 118 Å². The molecule has 1 amide bonds. The highest BCUT2D eigenvalue weighted by atomic mass is 19.1. The second kappa shape index (κ2) is 12.0. The van der Waals surface area contributed by atoms with E-state index in [9.17, 15) is 19.1 Å². The number of halogens is 1. The third-order valence-corrected chi connectivity index (χ3v) is 6.64. The number of anilines is 1. The summed E-state index contributed by atoms with van der Waals surface area (Å²) in [6.45, 7) is 8.56. The van der Waals surface area contributed by atoms with Gasteiger partial charge in [-0.15, -0.1) is 0 Å². The number of carbonyl (C=O) groups excluding carboxylic acids is 1. The van der Waals surface area contributed by atoms with E-state index in [1.807, 2.05) is 39.0 Å². The lowest BCUT2D eigenvalue weighted by atomic mass is 9.93. The number of aliphatic hydroxyl groups excluding tert-OH is 1. The minimum atomic E-state index is -0.805. The SMILES string of the molecule is CCNC[C@@H](O)COc1ccccc1C(C)(C)Nc1nccn(-c2cc(C(=O)NC3CC3)cc(F)c2C)c1=O. The lowest BCUT2D eigenvalue weighted by Crippen LogP contribution is -2.35. The number of carbonyl (C=O) groups is 1. The highest BCUT2D eigenvalue weighted by Gasteiger charge is 2.28. The first-order valence-corrected chi connectivity index (χ1v) is 13.2. The van der Waals surface area contributed by atoms with E-state index in [2.05, 4.69) is 20.9 Å². The van der Waals surface area contributed by atoms with Crippen LogP contribution >= 0.6 is 0 Å². The third-order valence-electron chi connectivity index (χ3n) is 6.64. The van der Waals surface area contributed by atoms with Gasteiger partial charge in [-0.3, -0.25) is 14.2 Å². The van der Waals surface area contributed by atoms with Crippen molar-refractivity contribution in [2.24, 2.45) is 0 Å². The quantitative estimate of drug-likeness (QED) is 0.280. The van der Waals surface area contributed by atoms with E-state index in [4.69, 9.17) is 4.74 Å². The summed E-state index contributed by atoms with van der Waals surface area (Å²) in [5, 5.41) is 19.3. The fourth-order valence-electron chi connectivity index (χ4n) is 4.26. The molecule has 0 bridgehead atoms. The molecule has 9 nitrogen and oxygen atoms in total. The molecule has 0 saturated heterocycles. The minimum absolute atomic E-state index is 0.0529. The molecule has 0 aliphatic heterocycles. The van der Waals surface area contributed by atoms with Crippen molar-refractivity contribution in [1.82, 2.24) is 20.2 Å². The van der Waals surface area contributed by atoms with Gasteiger partial charge in [0.15, 0.2) is 5.82 Å². The standard InChI is InChI=1S/C29H36FN5O4/c1-5-31-16-21(36)17-39-25-9-7-6-8-22(25)29(3,4)34-26-28(38)35(13-12-32-26)24-15-19(14-23(30)18(24)2)27(37)33-20-10-11-20/h6-9,12-15,20-21,31,36H,5,10-11,16-17H2,1-4H3,(H,32,34)(H,33,37)/t21-/m1/s1. The molecule has 0 unspecified atom stereocenters. The second-order valence-electron chi connectivity index (χ2n) is 10.3. The number of nitrogens with one attached hydrogen (secondary N) is 3. The monoisotopic (exact) mass is 537 g/mol. The number of para-hydroxylation sites is 1. The lowest BCUT2D eigenvalue weighted by molar-refractivity contribution is 0.0950. The maximum atomic E-state index is 14.8. The van der Waals surface area contributed by atoms with Crippen LogP contribution in [0.4, 0.5) is 10.2 Å². The fourth-order valence-corrected chi connectivity index (χ4v) is 4.26. The van der Waals surface area contributed by atoms with Gasteiger partial charge in [-0.25, -0.2) is 9.37 Å². The Labute approximate surface area is 227 Å². The van der Waals surface area contributed by atoms with Crippen molar-refractivity contribution in [3.05, 3.63) is 81.7 Å². The largest absolute Gasteiger partial charge is 0.490 e. The molecule has 208 valence electrons. The van der Waals surface area contributed by atoms with E-state index in [1.165, 1.54) is 29.1 Å². The number of aromatic nitrogens is 2. The molecular formula is C29H36FN5O4. The van der Waals surface area contributed by atoms with Crippen molar-refractivity contribution in [2.75, 3.05) is 25.0 Å². The van der Waals surface area contributed by atoms with Crippen molar-refractivity contribution in [3.8, 4) is 11.4 Å². The number of amides is 1. The van der Waals surface area contributed by atoms with Gasteiger partial charge < -0.3 is 25.8 Å². The van der Waals surface area contributed by atoms with Crippen molar-refractivity contribution in [2.45, 2.75) is 58.2 Å². The summed E-state index contributed by atoms with van der Waals surface area (Å²) in [5.41, 5.74) is 0.126. The van der Waals surface area contributed by atoms with Crippen molar-refractivity contribution in [1.29, 1.82) is 0 Å². The van der Waals surface area contributed by atoms with E-state index < -0.39 is 23.0 Å². The Hall–Kier alpha value is -3.76. The molecule has 1 fully saturated rings. The number of likely N-dealkylation sites (N-methyl/N-ethyl adjacent to an activating group) is 1. The molecule has 1 aliphatic rings. The van der Waals surface area contributed by atoms with Crippen molar-refractivity contribution in [3.63, 3.8) is 0 Å². The van der Waals surface area contributed by atoms with Crippen LogP contribution in [0.15, 0.2) is 53.6 Å². The predicted octanol–water partition coefficient (Wildman–Crippen LogP) is 3.27. The van der Waals surface area contributed by atoms with E-state index in [0.717, 1.165) is 24.9 Å². The van der Waals surface area contributed by atoms with Crippen LogP contribution in [0.5, 0.6) is 5.75 Å². The van der Waals surface area contributed by atoms with Crippen LogP contribution in [-0.2, 0) is 5.54 Å². The summed E-state index contributed by atoms with van der Waals surface area (Å²) in [5.74, 6) is -0.327. The Kier molecular flexibility index (Phi) is 8.66. The third kappa shape index (κ3) is 6.82. The number of nitrogens with zero attached hydrogens (tertiary/aromatic N) is 2. The molecule has 1 atom stereocenters. The molecular weight excluding hydrogens is 501 g/mol. The van der Waals surface area contributed by atoms with E-state index in [1.54, 1.807) is 13.0 Å². The first-order valence-electron chi connectivity index (χ1n) is 13.2. The number of aliphatic hydroxyl groups is 1. The first kappa shape index (κ1) is 28.3. The molecule has 1 heterocycles. The summed E-state index contributed by atoms with van der Waals surface area (Å²) in [4.78, 5) is 30.4. The average molecular weight is 538 g/mol. The fraction of sp³-hybridized carbons (Fsp3) is 0.414. The Morgan fingerprint density at radius 3 is 2.74 bits per heavy atom. The van der Waals surface area contributed by atoms with Crippen LogP contribution in [0.3, 0.4) is 0 Å². The zero-order chi connectivity index (χ0) is 28.2. The van der Waals surface area contributed by atoms with Crippen LogP contribution in [0, 0.1) is 12.7 Å².